The normalized spacial score (nSPS) is 15.9. The highest BCUT2D eigenvalue weighted by Gasteiger charge is 2.19. The Morgan fingerprint density at radius 3 is 2.29 bits per heavy atom. The van der Waals surface area contributed by atoms with E-state index in [1.807, 2.05) is 0 Å². The number of ether oxygens (including phenoxy) is 1. The molecule has 0 amide bonds. The molecular weight excluding hydrogens is 176 g/mol. The van der Waals surface area contributed by atoms with E-state index in [1.54, 1.807) is 7.11 Å². The summed E-state index contributed by atoms with van der Waals surface area (Å²) < 4.78 is 5.12. The van der Waals surface area contributed by atoms with E-state index in [-0.39, 0.29) is 0 Å². The lowest BCUT2D eigenvalue weighted by molar-refractivity contribution is 0.0887. The van der Waals surface area contributed by atoms with Crippen molar-refractivity contribution in [1.29, 1.82) is 0 Å². The van der Waals surface area contributed by atoms with Gasteiger partial charge in [-0.2, -0.15) is 0 Å². The Balaban J connectivity index is 4.19. The third-order valence-corrected chi connectivity index (χ3v) is 2.92. The van der Waals surface area contributed by atoms with Gasteiger partial charge in [-0.15, -0.1) is 0 Å². The zero-order chi connectivity index (χ0) is 11.0. The summed E-state index contributed by atoms with van der Waals surface area (Å²) in [7, 11) is 1.75. The molecule has 0 aliphatic heterocycles. The SMILES string of the molecule is CCC(C)N(CCOC)C(CC)CN. The zero-order valence-corrected chi connectivity index (χ0v) is 10.1. The fourth-order valence-electron chi connectivity index (χ4n) is 1.73. The molecule has 0 saturated heterocycles. The van der Waals surface area contributed by atoms with Crippen molar-refractivity contribution in [2.24, 2.45) is 5.73 Å². The lowest BCUT2D eigenvalue weighted by Gasteiger charge is -2.34. The molecule has 0 radical (unpaired) electrons. The molecule has 0 rings (SSSR count). The molecular formula is C11H26N2O. The van der Waals surface area contributed by atoms with Gasteiger partial charge >= 0.3 is 0 Å². The molecule has 2 atom stereocenters. The van der Waals surface area contributed by atoms with Crippen LogP contribution in [0.25, 0.3) is 0 Å². The number of hydrogen-bond donors (Lipinski definition) is 1. The Morgan fingerprint density at radius 2 is 1.93 bits per heavy atom. The van der Waals surface area contributed by atoms with Crippen LogP contribution in [0.15, 0.2) is 0 Å². The summed E-state index contributed by atoms with van der Waals surface area (Å²) in [5.41, 5.74) is 5.77. The van der Waals surface area contributed by atoms with Crippen LogP contribution in [-0.4, -0.2) is 43.8 Å². The van der Waals surface area contributed by atoms with Crippen LogP contribution in [0, 0.1) is 0 Å². The molecule has 0 aromatic rings. The molecule has 0 aliphatic rings. The molecule has 2 unspecified atom stereocenters. The molecule has 0 aliphatic carbocycles. The second-order valence-electron chi connectivity index (χ2n) is 3.79. The molecule has 2 N–H and O–H groups in total. The highest BCUT2D eigenvalue weighted by molar-refractivity contribution is 4.75. The Kier molecular flexibility index (Phi) is 8.14. The number of nitrogens with zero attached hydrogens (tertiary/aromatic N) is 1. The highest BCUT2D eigenvalue weighted by atomic mass is 16.5. The van der Waals surface area contributed by atoms with Crippen molar-refractivity contribution in [2.45, 2.75) is 45.7 Å². The Bertz CT molecular complexity index is 126. The molecule has 86 valence electrons. The second-order valence-corrected chi connectivity index (χ2v) is 3.79. The number of hydrogen-bond acceptors (Lipinski definition) is 3. The first kappa shape index (κ1) is 13.9. The molecule has 0 bridgehead atoms. The van der Waals surface area contributed by atoms with Gasteiger partial charge < -0.3 is 10.5 Å². The van der Waals surface area contributed by atoms with Crippen LogP contribution in [-0.2, 0) is 4.74 Å². The van der Waals surface area contributed by atoms with Gasteiger partial charge in [0.2, 0.25) is 0 Å². The van der Waals surface area contributed by atoms with Gasteiger partial charge in [0, 0.05) is 32.3 Å². The summed E-state index contributed by atoms with van der Waals surface area (Å²) in [6.07, 6.45) is 2.28. The van der Waals surface area contributed by atoms with Crippen molar-refractivity contribution in [3.8, 4) is 0 Å². The smallest absolute Gasteiger partial charge is 0.0589 e. The topological polar surface area (TPSA) is 38.5 Å². The van der Waals surface area contributed by atoms with Crippen LogP contribution in [0.3, 0.4) is 0 Å². The summed E-state index contributed by atoms with van der Waals surface area (Å²) in [5, 5.41) is 0. The third kappa shape index (κ3) is 4.40. The van der Waals surface area contributed by atoms with E-state index < -0.39 is 0 Å². The van der Waals surface area contributed by atoms with Crippen molar-refractivity contribution in [3.05, 3.63) is 0 Å². The molecule has 0 heterocycles. The minimum Gasteiger partial charge on any atom is -0.383 e. The van der Waals surface area contributed by atoms with Gasteiger partial charge in [-0.1, -0.05) is 13.8 Å². The van der Waals surface area contributed by atoms with Gasteiger partial charge in [-0.3, -0.25) is 4.90 Å². The maximum Gasteiger partial charge on any atom is 0.0589 e. The fraction of sp³-hybridized carbons (Fsp3) is 1.00. The first-order chi connectivity index (χ1) is 6.71. The van der Waals surface area contributed by atoms with Crippen molar-refractivity contribution < 1.29 is 4.74 Å². The number of rotatable bonds is 8. The largest absolute Gasteiger partial charge is 0.383 e. The van der Waals surface area contributed by atoms with Crippen LogP contribution in [0.5, 0.6) is 0 Å². The average Bonchev–Trinajstić information content (AvgIpc) is 2.23. The maximum atomic E-state index is 5.77. The first-order valence-electron chi connectivity index (χ1n) is 5.65. The van der Waals surface area contributed by atoms with E-state index in [9.17, 15) is 0 Å². The molecule has 0 saturated carbocycles. The monoisotopic (exact) mass is 202 g/mol. The Morgan fingerprint density at radius 1 is 1.29 bits per heavy atom. The zero-order valence-electron chi connectivity index (χ0n) is 10.1. The van der Waals surface area contributed by atoms with E-state index in [1.165, 1.54) is 6.42 Å². The number of nitrogens with two attached hydrogens (primary N) is 1. The molecule has 0 spiro atoms. The minimum atomic E-state index is 0.500. The van der Waals surface area contributed by atoms with Crippen LogP contribution in [0.2, 0.25) is 0 Å². The standard InChI is InChI=1S/C11H26N2O/c1-5-10(3)13(7-8-14-4)11(6-2)9-12/h10-11H,5-9,12H2,1-4H3. The van der Waals surface area contributed by atoms with Crippen molar-refractivity contribution >= 4 is 0 Å². The average molecular weight is 202 g/mol. The Labute approximate surface area is 88.6 Å². The van der Waals surface area contributed by atoms with Gasteiger partial charge in [0.05, 0.1) is 6.61 Å². The third-order valence-electron chi connectivity index (χ3n) is 2.92. The lowest BCUT2D eigenvalue weighted by atomic mass is 10.1. The van der Waals surface area contributed by atoms with E-state index in [4.69, 9.17) is 10.5 Å². The first-order valence-corrected chi connectivity index (χ1v) is 5.65. The molecule has 0 aromatic heterocycles. The molecule has 0 aromatic carbocycles. The van der Waals surface area contributed by atoms with Crippen molar-refractivity contribution in [3.63, 3.8) is 0 Å². The van der Waals surface area contributed by atoms with Crippen molar-refractivity contribution in [1.82, 2.24) is 4.90 Å². The molecule has 0 fully saturated rings. The van der Waals surface area contributed by atoms with E-state index in [0.717, 1.165) is 26.1 Å². The van der Waals surface area contributed by atoms with Gasteiger partial charge in [0.1, 0.15) is 0 Å². The maximum absolute atomic E-state index is 5.77. The fourth-order valence-corrected chi connectivity index (χ4v) is 1.73. The second kappa shape index (κ2) is 8.21. The number of methoxy groups -OCH3 is 1. The van der Waals surface area contributed by atoms with Crippen LogP contribution in [0.4, 0.5) is 0 Å². The van der Waals surface area contributed by atoms with Crippen LogP contribution in [0.1, 0.15) is 33.6 Å². The molecule has 3 nitrogen and oxygen atoms in total. The summed E-state index contributed by atoms with van der Waals surface area (Å²) >= 11 is 0. The predicted octanol–water partition coefficient (Wildman–Crippen LogP) is 1.47. The van der Waals surface area contributed by atoms with Gasteiger partial charge in [-0.05, 0) is 19.8 Å². The molecule has 3 heteroatoms. The summed E-state index contributed by atoms with van der Waals surface area (Å²) in [5.74, 6) is 0. The van der Waals surface area contributed by atoms with E-state index in [2.05, 4.69) is 25.7 Å². The van der Waals surface area contributed by atoms with Gasteiger partial charge in [0.25, 0.3) is 0 Å². The quantitative estimate of drug-likeness (QED) is 0.648. The Hall–Kier alpha value is -0.120. The van der Waals surface area contributed by atoms with E-state index in [0.29, 0.717) is 12.1 Å². The summed E-state index contributed by atoms with van der Waals surface area (Å²) in [6.45, 7) is 9.19. The summed E-state index contributed by atoms with van der Waals surface area (Å²) in [6, 6.07) is 1.10. The lowest BCUT2D eigenvalue weighted by Crippen LogP contribution is -2.46. The predicted molar refractivity (Wildman–Crippen MR) is 61.5 cm³/mol. The summed E-state index contributed by atoms with van der Waals surface area (Å²) in [4.78, 5) is 2.46. The van der Waals surface area contributed by atoms with Gasteiger partial charge in [-0.25, -0.2) is 0 Å². The highest BCUT2D eigenvalue weighted by Crippen LogP contribution is 2.10. The van der Waals surface area contributed by atoms with Gasteiger partial charge in [0.15, 0.2) is 0 Å². The van der Waals surface area contributed by atoms with Crippen molar-refractivity contribution in [2.75, 3.05) is 26.8 Å². The molecule has 14 heavy (non-hydrogen) atoms. The van der Waals surface area contributed by atoms with E-state index >= 15 is 0 Å². The van der Waals surface area contributed by atoms with Crippen LogP contribution >= 0.6 is 0 Å². The van der Waals surface area contributed by atoms with Crippen LogP contribution < -0.4 is 5.73 Å². The minimum absolute atomic E-state index is 0.500.